The summed E-state index contributed by atoms with van der Waals surface area (Å²) in [6.07, 6.45) is 0. The number of H-pyrrole nitrogens is 1. The molecule has 126 valence electrons. The van der Waals surface area contributed by atoms with Crippen LogP contribution in [0.3, 0.4) is 0 Å². The quantitative estimate of drug-likeness (QED) is 0.623. The molecule has 2 N–H and O–H groups in total. The molecule has 0 bridgehead atoms. The number of hydrogen-bond donors (Lipinski definition) is 2. The van der Waals surface area contributed by atoms with Crippen molar-refractivity contribution in [3.8, 4) is 11.1 Å². The summed E-state index contributed by atoms with van der Waals surface area (Å²) in [6, 6.07) is 5.26. The molecule has 1 aromatic carbocycles. The molecule has 2 heterocycles. The zero-order valence-electron chi connectivity index (χ0n) is 13.4. The fourth-order valence-corrected chi connectivity index (χ4v) is 4.41. The summed E-state index contributed by atoms with van der Waals surface area (Å²) in [5, 5.41) is 12.6. The molecule has 0 fully saturated rings. The fourth-order valence-electron chi connectivity index (χ4n) is 2.70. The minimum absolute atomic E-state index is 0.155. The highest BCUT2D eigenvalue weighted by Gasteiger charge is 2.24. The van der Waals surface area contributed by atoms with Crippen LogP contribution in [0.1, 0.15) is 29.0 Å². The van der Waals surface area contributed by atoms with Gasteiger partial charge in [-0.15, -0.1) is 11.3 Å². The van der Waals surface area contributed by atoms with Gasteiger partial charge < -0.3 is 15.0 Å². The Labute approximate surface area is 153 Å². The minimum atomic E-state index is -1.01. The molecule has 24 heavy (non-hydrogen) atoms. The first-order chi connectivity index (χ1) is 11.3. The second-order valence-corrected chi connectivity index (χ2v) is 7.63. The van der Waals surface area contributed by atoms with Crippen molar-refractivity contribution < 1.29 is 9.90 Å². The second-order valence-electron chi connectivity index (χ2n) is 5.87. The number of fused-ring (bicyclic) bond motifs is 1. The number of rotatable bonds is 4. The van der Waals surface area contributed by atoms with Crippen LogP contribution in [-0.4, -0.2) is 35.1 Å². The third-order valence-electron chi connectivity index (χ3n) is 4.14. The van der Waals surface area contributed by atoms with Gasteiger partial charge in [0.2, 0.25) is 0 Å². The number of carbonyl (C=O) groups is 1. The summed E-state index contributed by atoms with van der Waals surface area (Å²) in [4.78, 5) is 16.9. The molecule has 1 atom stereocenters. The van der Waals surface area contributed by atoms with E-state index in [1.807, 2.05) is 14.1 Å². The lowest BCUT2D eigenvalue weighted by Crippen LogP contribution is -2.16. The smallest absolute Gasteiger partial charge is 0.353 e. The summed E-state index contributed by atoms with van der Waals surface area (Å²) < 4.78 is 0.898. The number of aromatic carboxylic acids is 1. The van der Waals surface area contributed by atoms with E-state index >= 15 is 0 Å². The molecule has 2 aromatic heterocycles. The van der Waals surface area contributed by atoms with Crippen LogP contribution < -0.4 is 0 Å². The molecule has 1 unspecified atom stereocenters. The molecule has 7 heteroatoms. The average Bonchev–Trinajstić information content (AvgIpc) is 3.03. The van der Waals surface area contributed by atoms with Crippen molar-refractivity contribution >= 4 is 50.7 Å². The normalized spacial score (nSPS) is 12.9. The summed E-state index contributed by atoms with van der Waals surface area (Å²) >= 11 is 13.7. The Balaban J connectivity index is 2.30. The molecule has 0 aliphatic carbocycles. The van der Waals surface area contributed by atoms with Gasteiger partial charge in [-0.2, -0.15) is 0 Å². The molecule has 0 amide bonds. The van der Waals surface area contributed by atoms with Gasteiger partial charge in [-0.3, -0.25) is 0 Å². The summed E-state index contributed by atoms with van der Waals surface area (Å²) in [7, 11) is 3.99. The molecule has 4 nitrogen and oxygen atoms in total. The maximum Gasteiger partial charge on any atom is 0.353 e. The summed E-state index contributed by atoms with van der Waals surface area (Å²) in [5.74, 6) is -1.01. The van der Waals surface area contributed by atoms with Gasteiger partial charge >= 0.3 is 5.97 Å². The molecule has 0 saturated heterocycles. The Morgan fingerprint density at radius 3 is 2.42 bits per heavy atom. The van der Waals surface area contributed by atoms with Gasteiger partial charge in [-0.1, -0.05) is 23.2 Å². The first kappa shape index (κ1) is 17.3. The Hall–Kier alpha value is -1.53. The number of carboxylic acid groups (broad SMARTS) is 1. The van der Waals surface area contributed by atoms with E-state index in [0.717, 1.165) is 15.8 Å². The lowest BCUT2D eigenvalue weighted by atomic mass is 10.0. The summed E-state index contributed by atoms with van der Waals surface area (Å²) in [5.41, 5.74) is 3.40. The highest BCUT2D eigenvalue weighted by molar-refractivity contribution is 7.18. The number of nitrogens with one attached hydrogen (secondary N) is 1. The SMILES string of the molecule is CC(c1csc2c(-c3cc(Cl)cc(Cl)c3)c(C(=O)O)[nH]c12)N(C)C. The van der Waals surface area contributed by atoms with E-state index in [4.69, 9.17) is 23.2 Å². The average molecular weight is 383 g/mol. The van der Waals surface area contributed by atoms with E-state index in [2.05, 4.69) is 22.2 Å². The summed E-state index contributed by atoms with van der Waals surface area (Å²) in [6.45, 7) is 2.08. The Kier molecular flexibility index (Phi) is 4.62. The van der Waals surface area contributed by atoms with Gasteiger partial charge in [0.05, 0.1) is 10.2 Å². The van der Waals surface area contributed by atoms with Crippen LogP contribution in [0, 0.1) is 0 Å². The van der Waals surface area contributed by atoms with Crippen LogP contribution in [0.2, 0.25) is 10.0 Å². The van der Waals surface area contributed by atoms with Crippen molar-refractivity contribution in [2.24, 2.45) is 0 Å². The largest absolute Gasteiger partial charge is 0.477 e. The lowest BCUT2D eigenvalue weighted by molar-refractivity contribution is 0.0692. The molecule has 0 radical (unpaired) electrons. The maximum absolute atomic E-state index is 11.7. The van der Waals surface area contributed by atoms with Crippen LogP contribution in [0.15, 0.2) is 23.6 Å². The highest BCUT2D eigenvalue weighted by Crippen LogP contribution is 2.41. The van der Waals surface area contributed by atoms with Crippen LogP contribution in [0.5, 0.6) is 0 Å². The minimum Gasteiger partial charge on any atom is -0.477 e. The van der Waals surface area contributed by atoms with Crippen molar-refractivity contribution in [2.45, 2.75) is 13.0 Å². The number of hydrogen-bond acceptors (Lipinski definition) is 3. The Morgan fingerprint density at radius 2 is 1.88 bits per heavy atom. The van der Waals surface area contributed by atoms with Crippen LogP contribution in [-0.2, 0) is 0 Å². The Morgan fingerprint density at radius 1 is 1.25 bits per heavy atom. The van der Waals surface area contributed by atoms with E-state index in [9.17, 15) is 9.90 Å². The van der Waals surface area contributed by atoms with Crippen molar-refractivity contribution in [1.29, 1.82) is 0 Å². The first-order valence-corrected chi connectivity index (χ1v) is 8.92. The predicted molar refractivity (Wildman–Crippen MR) is 101 cm³/mol. The number of aromatic nitrogens is 1. The van der Waals surface area contributed by atoms with Crippen molar-refractivity contribution in [3.05, 3.63) is 44.9 Å². The topological polar surface area (TPSA) is 56.3 Å². The zero-order valence-corrected chi connectivity index (χ0v) is 15.7. The van der Waals surface area contributed by atoms with E-state index in [1.54, 1.807) is 18.2 Å². The number of thiophene rings is 1. The molecule has 0 aliphatic heterocycles. The molecule has 0 saturated carbocycles. The van der Waals surface area contributed by atoms with E-state index in [0.29, 0.717) is 21.2 Å². The molecule has 0 spiro atoms. The molecule has 3 aromatic rings. The first-order valence-electron chi connectivity index (χ1n) is 7.28. The molecule has 0 aliphatic rings. The fraction of sp³-hybridized carbons (Fsp3) is 0.235. The van der Waals surface area contributed by atoms with E-state index in [-0.39, 0.29) is 11.7 Å². The monoisotopic (exact) mass is 382 g/mol. The highest BCUT2D eigenvalue weighted by atomic mass is 35.5. The predicted octanol–water partition coefficient (Wildman–Crippen LogP) is 5.52. The standard InChI is InChI=1S/C17H16Cl2N2O2S/c1-8(21(2)3)12-7-24-16-13(15(17(22)23)20-14(12)16)9-4-10(18)6-11(19)5-9/h4-8,20H,1-3H3,(H,22,23). The number of aromatic amines is 1. The zero-order chi connectivity index (χ0) is 17.6. The maximum atomic E-state index is 11.7. The molecular weight excluding hydrogens is 367 g/mol. The number of benzene rings is 1. The van der Waals surface area contributed by atoms with Crippen LogP contribution in [0.25, 0.3) is 21.3 Å². The third kappa shape index (κ3) is 2.93. The van der Waals surface area contributed by atoms with Crippen LogP contribution >= 0.6 is 34.5 Å². The van der Waals surface area contributed by atoms with E-state index in [1.165, 1.54) is 11.3 Å². The van der Waals surface area contributed by atoms with Crippen LogP contribution in [0.4, 0.5) is 0 Å². The van der Waals surface area contributed by atoms with Gasteiger partial charge in [0.25, 0.3) is 0 Å². The van der Waals surface area contributed by atoms with Crippen molar-refractivity contribution in [3.63, 3.8) is 0 Å². The number of nitrogens with zero attached hydrogens (tertiary/aromatic N) is 1. The van der Waals surface area contributed by atoms with Gasteiger partial charge in [-0.05, 0) is 50.2 Å². The molecular formula is C17H16Cl2N2O2S. The number of halogens is 2. The van der Waals surface area contributed by atoms with Crippen molar-refractivity contribution in [1.82, 2.24) is 9.88 Å². The third-order valence-corrected chi connectivity index (χ3v) is 5.59. The van der Waals surface area contributed by atoms with Gasteiger partial charge in [0.1, 0.15) is 5.69 Å². The molecule has 3 rings (SSSR count). The lowest BCUT2D eigenvalue weighted by Gasteiger charge is -2.18. The number of carboxylic acids is 1. The van der Waals surface area contributed by atoms with Crippen molar-refractivity contribution in [2.75, 3.05) is 14.1 Å². The van der Waals surface area contributed by atoms with Gasteiger partial charge in [0.15, 0.2) is 0 Å². The van der Waals surface area contributed by atoms with E-state index < -0.39 is 5.97 Å². The van der Waals surface area contributed by atoms with Gasteiger partial charge in [-0.25, -0.2) is 4.79 Å². The Bertz CT molecular complexity index is 910. The second kappa shape index (κ2) is 6.41. The van der Waals surface area contributed by atoms with Gasteiger partial charge in [0, 0.05) is 27.2 Å².